The number of amides is 1. The predicted molar refractivity (Wildman–Crippen MR) is 85.4 cm³/mol. The normalized spacial score (nSPS) is 16.8. The molecule has 2 rings (SSSR count). The van der Waals surface area contributed by atoms with Crippen LogP contribution in [0.15, 0.2) is 12.1 Å². The van der Waals surface area contributed by atoms with E-state index >= 15 is 0 Å². The van der Waals surface area contributed by atoms with Gasteiger partial charge in [0.2, 0.25) is 5.91 Å². The first kappa shape index (κ1) is 18.1. The number of nitrogens with zero attached hydrogens (tertiary/aromatic N) is 2. The number of piperidine rings is 1. The highest BCUT2D eigenvalue weighted by molar-refractivity contribution is 5.92. The minimum atomic E-state index is -0.802. The zero-order chi connectivity index (χ0) is 17.9. The third-order valence-corrected chi connectivity index (χ3v) is 4.18. The van der Waals surface area contributed by atoms with Crippen molar-refractivity contribution in [1.82, 2.24) is 0 Å². The number of aliphatic hydroxyl groups is 2. The van der Waals surface area contributed by atoms with Gasteiger partial charge in [-0.3, -0.25) is 14.9 Å². The van der Waals surface area contributed by atoms with E-state index in [0.29, 0.717) is 25.9 Å². The second-order valence-corrected chi connectivity index (χ2v) is 5.83. The molecule has 1 fully saturated rings. The van der Waals surface area contributed by atoms with Gasteiger partial charge in [-0.2, -0.15) is 0 Å². The summed E-state index contributed by atoms with van der Waals surface area (Å²) < 4.78 is 14.3. The smallest absolute Gasteiger partial charge is 0.295 e. The average molecular weight is 341 g/mol. The Morgan fingerprint density at radius 2 is 2.12 bits per heavy atom. The maximum atomic E-state index is 14.3. The molecule has 1 amide bonds. The van der Waals surface area contributed by atoms with Gasteiger partial charge in [-0.05, 0) is 24.8 Å². The lowest BCUT2D eigenvalue weighted by Crippen LogP contribution is -2.39. The van der Waals surface area contributed by atoms with Crippen molar-refractivity contribution in [1.29, 1.82) is 0 Å². The van der Waals surface area contributed by atoms with Gasteiger partial charge < -0.3 is 20.4 Å². The Bertz CT molecular complexity index is 632. The Morgan fingerprint density at radius 1 is 1.50 bits per heavy atom. The minimum absolute atomic E-state index is 0.0542. The molecular weight excluding hydrogens is 321 g/mol. The first-order valence-corrected chi connectivity index (χ1v) is 7.63. The number of rotatable bonds is 5. The van der Waals surface area contributed by atoms with E-state index in [0.717, 1.165) is 6.07 Å². The molecular formula is C15H20FN3O5. The van der Waals surface area contributed by atoms with Gasteiger partial charge >= 0.3 is 0 Å². The first-order chi connectivity index (χ1) is 11.3. The Hall–Kier alpha value is -2.26. The lowest BCUT2D eigenvalue weighted by atomic mass is 9.91. The number of benzene rings is 1. The molecule has 1 aromatic rings. The van der Waals surface area contributed by atoms with Gasteiger partial charge in [-0.1, -0.05) is 0 Å². The summed E-state index contributed by atoms with van der Waals surface area (Å²) in [5.41, 5.74) is -0.389. The molecule has 0 spiro atoms. The summed E-state index contributed by atoms with van der Waals surface area (Å²) in [6.07, 6.45) is 0.324. The monoisotopic (exact) mass is 341 g/mol. The molecule has 1 aliphatic heterocycles. The molecule has 1 saturated heterocycles. The molecule has 0 aromatic heterocycles. The largest absolute Gasteiger partial charge is 0.394 e. The number of aliphatic hydroxyl groups excluding tert-OH is 2. The summed E-state index contributed by atoms with van der Waals surface area (Å²) in [5.74, 6) is -1.29. The number of nitro groups is 1. The van der Waals surface area contributed by atoms with Crippen LogP contribution < -0.4 is 10.2 Å². The number of carbonyl (C=O) groups is 1. The van der Waals surface area contributed by atoms with Crippen LogP contribution >= 0.6 is 0 Å². The van der Waals surface area contributed by atoms with Crippen molar-refractivity contribution in [2.24, 2.45) is 5.92 Å². The molecule has 0 aliphatic carbocycles. The lowest BCUT2D eigenvalue weighted by Gasteiger charge is -2.35. The summed E-state index contributed by atoms with van der Waals surface area (Å²) >= 11 is 0. The first-order valence-electron chi connectivity index (χ1n) is 7.63. The van der Waals surface area contributed by atoms with Crippen molar-refractivity contribution in [2.75, 3.05) is 29.9 Å². The molecule has 3 N–H and O–H groups in total. The maximum absolute atomic E-state index is 14.3. The highest BCUT2D eigenvalue weighted by atomic mass is 19.1. The van der Waals surface area contributed by atoms with E-state index in [1.807, 2.05) is 0 Å². The van der Waals surface area contributed by atoms with Crippen molar-refractivity contribution in [3.8, 4) is 0 Å². The second-order valence-electron chi connectivity index (χ2n) is 5.83. The molecule has 9 heteroatoms. The van der Waals surface area contributed by atoms with Gasteiger partial charge in [0.1, 0.15) is 5.69 Å². The van der Waals surface area contributed by atoms with Crippen LogP contribution in [0.1, 0.15) is 19.8 Å². The third-order valence-electron chi connectivity index (χ3n) is 4.18. The molecule has 132 valence electrons. The van der Waals surface area contributed by atoms with Crippen LogP contribution in [0.3, 0.4) is 0 Å². The maximum Gasteiger partial charge on any atom is 0.295 e. The fraction of sp³-hybridized carbons (Fsp3) is 0.533. The average Bonchev–Trinajstić information content (AvgIpc) is 2.55. The summed E-state index contributed by atoms with van der Waals surface area (Å²) in [7, 11) is 0. The van der Waals surface area contributed by atoms with Gasteiger partial charge in [0.15, 0.2) is 5.82 Å². The van der Waals surface area contributed by atoms with Crippen LogP contribution in [0.25, 0.3) is 0 Å². The van der Waals surface area contributed by atoms with E-state index in [1.54, 1.807) is 4.90 Å². The van der Waals surface area contributed by atoms with E-state index < -0.39 is 28.4 Å². The Kier molecular flexibility index (Phi) is 5.68. The fourth-order valence-corrected chi connectivity index (χ4v) is 2.91. The van der Waals surface area contributed by atoms with Crippen molar-refractivity contribution in [2.45, 2.75) is 25.9 Å². The van der Waals surface area contributed by atoms with Crippen LogP contribution in [0, 0.1) is 21.8 Å². The number of hydrogen-bond donors (Lipinski definition) is 3. The van der Waals surface area contributed by atoms with E-state index in [4.69, 9.17) is 5.11 Å². The van der Waals surface area contributed by atoms with Crippen molar-refractivity contribution in [3.05, 3.63) is 28.1 Å². The summed E-state index contributed by atoms with van der Waals surface area (Å²) in [5, 5.41) is 32.0. The van der Waals surface area contributed by atoms with Crippen LogP contribution in [0.5, 0.6) is 0 Å². The van der Waals surface area contributed by atoms with E-state index in [1.165, 1.54) is 13.0 Å². The van der Waals surface area contributed by atoms with Crippen LogP contribution in [0.2, 0.25) is 0 Å². The topological polar surface area (TPSA) is 116 Å². The zero-order valence-corrected chi connectivity index (χ0v) is 13.2. The van der Waals surface area contributed by atoms with Crippen LogP contribution in [-0.4, -0.2) is 46.8 Å². The molecule has 8 nitrogen and oxygen atoms in total. The van der Waals surface area contributed by atoms with E-state index in [9.17, 15) is 24.4 Å². The Balaban J connectivity index is 2.24. The van der Waals surface area contributed by atoms with Crippen molar-refractivity contribution < 1.29 is 24.3 Å². The van der Waals surface area contributed by atoms with Crippen LogP contribution in [0.4, 0.5) is 21.5 Å². The number of hydrogen-bond acceptors (Lipinski definition) is 6. The molecule has 0 radical (unpaired) electrons. The summed E-state index contributed by atoms with van der Waals surface area (Å²) in [6, 6.07) is 2.06. The number of nitrogens with one attached hydrogen (secondary N) is 1. The Labute approximate surface area is 138 Å². The van der Waals surface area contributed by atoms with Crippen LogP contribution in [-0.2, 0) is 4.79 Å². The zero-order valence-electron chi connectivity index (χ0n) is 13.2. The molecule has 1 aliphatic rings. The highest BCUT2D eigenvalue weighted by Gasteiger charge is 2.28. The molecule has 1 aromatic carbocycles. The summed E-state index contributed by atoms with van der Waals surface area (Å²) in [4.78, 5) is 23.2. The predicted octanol–water partition coefficient (Wildman–Crippen LogP) is 1.26. The van der Waals surface area contributed by atoms with Gasteiger partial charge in [-0.25, -0.2) is 4.39 Å². The molecule has 0 bridgehead atoms. The minimum Gasteiger partial charge on any atom is -0.394 e. The van der Waals surface area contributed by atoms with Gasteiger partial charge in [0.05, 0.1) is 29.4 Å². The van der Waals surface area contributed by atoms with Gasteiger partial charge in [0.25, 0.3) is 5.69 Å². The SMILES string of the molecule is CC(=O)Nc1cc(N2CCC(C(O)CO)CC2)c(F)cc1[N+](=O)[O-]. The summed E-state index contributed by atoms with van der Waals surface area (Å²) in [6.45, 7) is 1.78. The van der Waals surface area contributed by atoms with Gasteiger partial charge in [0, 0.05) is 20.0 Å². The van der Waals surface area contributed by atoms with E-state index in [-0.39, 0.29) is 23.9 Å². The second kappa shape index (κ2) is 7.54. The van der Waals surface area contributed by atoms with Gasteiger partial charge in [-0.15, -0.1) is 0 Å². The molecule has 1 unspecified atom stereocenters. The lowest BCUT2D eigenvalue weighted by molar-refractivity contribution is -0.384. The third kappa shape index (κ3) is 3.98. The number of halogens is 1. The van der Waals surface area contributed by atoms with E-state index in [2.05, 4.69) is 5.32 Å². The Morgan fingerprint density at radius 3 is 2.62 bits per heavy atom. The number of carbonyl (C=O) groups excluding carboxylic acids is 1. The van der Waals surface area contributed by atoms with Crippen molar-refractivity contribution in [3.63, 3.8) is 0 Å². The number of nitro benzene ring substituents is 1. The standard InChI is InChI=1S/C15H20FN3O5/c1-9(21)17-12-7-13(11(16)6-14(12)19(23)24)18-4-2-10(3-5-18)15(22)8-20/h6-7,10,15,20,22H,2-5,8H2,1H3,(H,17,21). The molecule has 24 heavy (non-hydrogen) atoms. The number of anilines is 2. The molecule has 0 saturated carbocycles. The molecule has 1 heterocycles. The highest BCUT2D eigenvalue weighted by Crippen LogP contribution is 2.34. The molecule has 1 atom stereocenters. The van der Waals surface area contributed by atoms with Crippen molar-refractivity contribution >= 4 is 23.0 Å². The quantitative estimate of drug-likeness (QED) is 0.548. The fourth-order valence-electron chi connectivity index (χ4n) is 2.91.